The van der Waals surface area contributed by atoms with E-state index in [1.807, 2.05) is 0 Å². The fourth-order valence-corrected chi connectivity index (χ4v) is 3.52. The molecule has 1 heterocycles. The van der Waals surface area contributed by atoms with E-state index in [9.17, 15) is 13.6 Å². The van der Waals surface area contributed by atoms with Crippen LogP contribution >= 0.6 is 12.4 Å². The number of amides is 1. The molecule has 1 aliphatic carbocycles. The lowest BCUT2D eigenvalue weighted by atomic mass is 9.89. The number of halogens is 3. The number of carbonyl (C=O) groups is 1. The van der Waals surface area contributed by atoms with E-state index < -0.39 is 17.5 Å². The Balaban J connectivity index is 0.00000192. The number of benzene rings is 1. The summed E-state index contributed by atoms with van der Waals surface area (Å²) in [5, 5.41) is 6.01. The van der Waals surface area contributed by atoms with E-state index in [-0.39, 0.29) is 29.9 Å². The van der Waals surface area contributed by atoms with Crippen LogP contribution in [0.4, 0.5) is 8.78 Å². The van der Waals surface area contributed by atoms with Crippen LogP contribution in [0, 0.1) is 11.6 Å². The van der Waals surface area contributed by atoms with Crippen molar-refractivity contribution in [3.8, 4) is 0 Å². The normalized spacial score (nSPS) is 19.4. The fraction of sp³-hybridized carbons (Fsp3) is 0.588. The highest BCUT2D eigenvalue weighted by Crippen LogP contribution is 2.29. The summed E-state index contributed by atoms with van der Waals surface area (Å²) in [6, 6.07) is 2.38. The van der Waals surface area contributed by atoms with Crippen molar-refractivity contribution in [1.82, 2.24) is 10.6 Å². The van der Waals surface area contributed by atoms with Gasteiger partial charge in [0.05, 0.1) is 5.56 Å². The summed E-state index contributed by atoms with van der Waals surface area (Å²) in [7, 11) is 0. The number of hydrogen-bond acceptors (Lipinski definition) is 2. The molecule has 0 atom stereocenters. The third-order valence-corrected chi connectivity index (χ3v) is 4.80. The molecule has 1 aromatic carbocycles. The second kappa shape index (κ2) is 8.06. The molecule has 1 aromatic rings. The van der Waals surface area contributed by atoms with Gasteiger partial charge in [-0.25, -0.2) is 8.78 Å². The summed E-state index contributed by atoms with van der Waals surface area (Å²) in [4.78, 5) is 12.1. The second-order valence-electron chi connectivity index (χ2n) is 6.33. The molecule has 1 saturated heterocycles. The van der Waals surface area contributed by atoms with Gasteiger partial charge in [0.25, 0.3) is 5.91 Å². The minimum atomic E-state index is -0.620. The van der Waals surface area contributed by atoms with Crippen LogP contribution in [0.5, 0.6) is 0 Å². The summed E-state index contributed by atoms with van der Waals surface area (Å²) in [6.45, 7) is 1.63. The second-order valence-corrected chi connectivity index (χ2v) is 6.33. The van der Waals surface area contributed by atoms with Crippen molar-refractivity contribution in [2.75, 3.05) is 13.1 Å². The Morgan fingerprint density at radius 1 is 1.04 bits per heavy atom. The first-order valence-electron chi connectivity index (χ1n) is 8.15. The van der Waals surface area contributed by atoms with Crippen LogP contribution in [0.3, 0.4) is 0 Å². The summed E-state index contributed by atoms with van der Waals surface area (Å²) < 4.78 is 28.6. The van der Waals surface area contributed by atoms with Crippen molar-refractivity contribution in [2.45, 2.75) is 50.5 Å². The van der Waals surface area contributed by atoms with Crippen LogP contribution in [0.25, 0.3) is 0 Å². The number of carbonyl (C=O) groups excluding carboxylic acids is 1. The molecule has 128 valence electrons. The number of nitrogens with one attached hydrogen (secondary N) is 2. The van der Waals surface area contributed by atoms with Gasteiger partial charge < -0.3 is 10.6 Å². The van der Waals surface area contributed by atoms with Crippen LogP contribution in [0.1, 0.15) is 60.4 Å². The third-order valence-electron chi connectivity index (χ3n) is 4.80. The zero-order valence-electron chi connectivity index (χ0n) is 13.0. The summed E-state index contributed by atoms with van der Waals surface area (Å²) in [5.41, 5.74) is 0.221. The Hall–Kier alpha value is -1.20. The number of hydrogen-bond donors (Lipinski definition) is 2. The lowest BCUT2D eigenvalue weighted by Gasteiger charge is -2.23. The van der Waals surface area contributed by atoms with Crippen molar-refractivity contribution in [3.05, 3.63) is 34.9 Å². The summed E-state index contributed by atoms with van der Waals surface area (Å²) in [6.07, 6.45) is 5.59. The molecule has 1 saturated carbocycles. The van der Waals surface area contributed by atoms with Gasteiger partial charge in [0.15, 0.2) is 0 Å². The lowest BCUT2D eigenvalue weighted by Crippen LogP contribution is -2.33. The molecule has 3 nitrogen and oxygen atoms in total. The molecule has 0 bridgehead atoms. The first-order valence-corrected chi connectivity index (χ1v) is 8.15. The van der Waals surface area contributed by atoms with Crippen LogP contribution < -0.4 is 10.6 Å². The summed E-state index contributed by atoms with van der Waals surface area (Å²) >= 11 is 0. The predicted octanol–water partition coefficient (Wildman–Crippen LogP) is 3.53. The van der Waals surface area contributed by atoms with Gasteiger partial charge in [-0.05, 0) is 62.4 Å². The molecule has 23 heavy (non-hydrogen) atoms. The van der Waals surface area contributed by atoms with E-state index in [2.05, 4.69) is 10.6 Å². The topological polar surface area (TPSA) is 41.1 Å². The van der Waals surface area contributed by atoms with Gasteiger partial charge in [-0.3, -0.25) is 4.79 Å². The van der Waals surface area contributed by atoms with Gasteiger partial charge in [0, 0.05) is 6.04 Å². The average Bonchev–Trinajstić information content (AvgIpc) is 3.03. The van der Waals surface area contributed by atoms with Gasteiger partial charge in [-0.2, -0.15) is 0 Å². The maximum absolute atomic E-state index is 14.3. The minimum absolute atomic E-state index is 0. The van der Waals surface area contributed by atoms with Crippen molar-refractivity contribution in [2.24, 2.45) is 0 Å². The number of piperidine rings is 1. The molecule has 0 unspecified atom stereocenters. The molecule has 1 aliphatic heterocycles. The molecule has 2 fully saturated rings. The van der Waals surface area contributed by atoms with Crippen LogP contribution in [0.2, 0.25) is 0 Å². The van der Waals surface area contributed by atoms with Crippen LogP contribution in [0.15, 0.2) is 12.1 Å². The van der Waals surface area contributed by atoms with Crippen molar-refractivity contribution < 1.29 is 13.6 Å². The van der Waals surface area contributed by atoms with E-state index in [0.717, 1.165) is 57.7 Å². The maximum atomic E-state index is 14.3. The highest BCUT2D eigenvalue weighted by atomic mass is 35.5. The molecular weight excluding hydrogens is 322 g/mol. The van der Waals surface area contributed by atoms with Gasteiger partial charge in [0.2, 0.25) is 0 Å². The highest BCUT2D eigenvalue weighted by molar-refractivity contribution is 5.94. The SMILES string of the molecule is Cl.O=C(NC1CCCC1)c1cc(F)c(C2CCNCC2)cc1F. The molecule has 0 aromatic heterocycles. The smallest absolute Gasteiger partial charge is 0.254 e. The van der Waals surface area contributed by atoms with E-state index in [0.29, 0.717) is 5.56 Å². The van der Waals surface area contributed by atoms with E-state index in [1.54, 1.807) is 0 Å². The monoisotopic (exact) mass is 344 g/mol. The minimum Gasteiger partial charge on any atom is -0.349 e. The Bertz CT molecular complexity index is 556. The highest BCUT2D eigenvalue weighted by Gasteiger charge is 2.24. The van der Waals surface area contributed by atoms with E-state index in [4.69, 9.17) is 0 Å². The molecule has 0 radical (unpaired) electrons. The zero-order chi connectivity index (χ0) is 15.5. The molecule has 6 heteroatoms. The lowest BCUT2D eigenvalue weighted by molar-refractivity contribution is 0.0933. The Morgan fingerprint density at radius 3 is 2.35 bits per heavy atom. The van der Waals surface area contributed by atoms with Gasteiger partial charge in [0.1, 0.15) is 11.6 Å². The molecule has 2 aliphatic rings. The number of rotatable bonds is 3. The van der Waals surface area contributed by atoms with Crippen molar-refractivity contribution in [1.29, 1.82) is 0 Å². The fourth-order valence-electron chi connectivity index (χ4n) is 3.52. The molecule has 0 spiro atoms. The third kappa shape index (κ3) is 4.21. The summed E-state index contributed by atoms with van der Waals surface area (Å²) in [5.74, 6) is -1.56. The average molecular weight is 345 g/mol. The first-order chi connectivity index (χ1) is 10.6. The Morgan fingerprint density at radius 2 is 1.70 bits per heavy atom. The maximum Gasteiger partial charge on any atom is 0.254 e. The largest absolute Gasteiger partial charge is 0.349 e. The molecular formula is C17H23ClF2N2O. The Labute approximate surface area is 141 Å². The zero-order valence-corrected chi connectivity index (χ0v) is 13.9. The molecule has 2 N–H and O–H groups in total. The van der Waals surface area contributed by atoms with Crippen molar-refractivity contribution in [3.63, 3.8) is 0 Å². The molecule has 1 amide bonds. The Kier molecular flexibility index (Phi) is 6.36. The van der Waals surface area contributed by atoms with Crippen molar-refractivity contribution >= 4 is 18.3 Å². The van der Waals surface area contributed by atoms with Crippen LogP contribution in [-0.4, -0.2) is 25.0 Å². The standard InChI is InChI=1S/C17H22F2N2O.ClH/c18-15-10-14(17(22)21-12-3-1-2-4-12)16(19)9-13(15)11-5-7-20-8-6-11;/h9-12,20H,1-8H2,(H,21,22);1H. The van der Waals surface area contributed by atoms with E-state index >= 15 is 0 Å². The van der Waals surface area contributed by atoms with Gasteiger partial charge in [-0.15, -0.1) is 12.4 Å². The predicted molar refractivity (Wildman–Crippen MR) is 88.2 cm³/mol. The molecule has 3 rings (SSSR count). The quantitative estimate of drug-likeness (QED) is 0.880. The van der Waals surface area contributed by atoms with Crippen LogP contribution in [-0.2, 0) is 0 Å². The first kappa shape index (κ1) is 18.1. The van der Waals surface area contributed by atoms with E-state index in [1.165, 1.54) is 6.07 Å². The van der Waals surface area contributed by atoms with Gasteiger partial charge >= 0.3 is 0 Å². The van der Waals surface area contributed by atoms with Gasteiger partial charge in [-0.1, -0.05) is 12.8 Å².